The van der Waals surface area contributed by atoms with Gasteiger partial charge >= 0.3 is 5.69 Å². The van der Waals surface area contributed by atoms with Gasteiger partial charge in [-0.2, -0.15) is 0 Å². The summed E-state index contributed by atoms with van der Waals surface area (Å²) in [5, 5.41) is 12.7. The van der Waals surface area contributed by atoms with Crippen LogP contribution in [0.4, 0.5) is 11.4 Å². The maximum atomic E-state index is 12.7. The highest BCUT2D eigenvalue weighted by molar-refractivity contribution is 9.10. The maximum absolute atomic E-state index is 12.7. The Balaban J connectivity index is 2.01. The van der Waals surface area contributed by atoms with E-state index in [-0.39, 0.29) is 17.0 Å². The van der Waals surface area contributed by atoms with Gasteiger partial charge in [0.2, 0.25) is 5.75 Å². The van der Waals surface area contributed by atoms with Crippen LogP contribution in [0.25, 0.3) is 6.08 Å². The highest BCUT2D eigenvalue weighted by Crippen LogP contribution is 2.39. The molecule has 29 heavy (non-hydrogen) atoms. The minimum absolute atomic E-state index is 0.0813. The van der Waals surface area contributed by atoms with Crippen molar-refractivity contribution in [1.29, 1.82) is 0 Å². The average Bonchev–Trinajstić information content (AvgIpc) is 2.91. The van der Waals surface area contributed by atoms with Crippen molar-refractivity contribution >= 4 is 45.2 Å². The highest BCUT2D eigenvalue weighted by atomic mass is 79.9. The van der Waals surface area contributed by atoms with Crippen LogP contribution in [0, 0.1) is 10.1 Å². The van der Waals surface area contributed by atoms with Crippen LogP contribution in [0.3, 0.4) is 0 Å². The third kappa shape index (κ3) is 4.45. The zero-order chi connectivity index (χ0) is 21.3. The second-order valence-electron chi connectivity index (χ2n) is 7.30. The number of nitro groups is 1. The number of benzene rings is 2. The van der Waals surface area contributed by atoms with Crippen molar-refractivity contribution in [2.24, 2.45) is 0 Å². The predicted molar refractivity (Wildman–Crippen MR) is 111 cm³/mol. The number of carbonyl (C=O) groups excluding carboxylic acids is 2. The SMILES string of the molecule is CC(C)(C)Oc1c(Br)cc(/C=C2/C(=O)NN(c3ccccc3)C2=O)cc1[N+](=O)[O-]. The number of hydrazine groups is 1. The van der Waals surface area contributed by atoms with Gasteiger partial charge in [-0.25, -0.2) is 5.01 Å². The van der Waals surface area contributed by atoms with Gasteiger partial charge in [0.15, 0.2) is 0 Å². The van der Waals surface area contributed by atoms with Gasteiger partial charge in [-0.3, -0.25) is 25.1 Å². The lowest BCUT2D eigenvalue weighted by Crippen LogP contribution is -2.35. The third-order valence-corrected chi connectivity index (χ3v) is 4.46. The fourth-order valence-corrected chi connectivity index (χ4v) is 3.26. The van der Waals surface area contributed by atoms with Gasteiger partial charge in [-0.05, 0) is 66.5 Å². The summed E-state index contributed by atoms with van der Waals surface area (Å²) < 4.78 is 6.05. The van der Waals surface area contributed by atoms with Crippen molar-refractivity contribution in [2.45, 2.75) is 26.4 Å². The number of halogens is 1. The van der Waals surface area contributed by atoms with E-state index in [1.807, 2.05) is 0 Å². The van der Waals surface area contributed by atoms with Crippen molar-refractivity contribution in [3.8, 4) is 5.75 Å². The zero-order valence-corrected chi connectivity index (χ0v) is 17.5. The molecule has 1 heterocycles. The fourth-order valence-electron chi connectivity index (χ4n) is 2.71. The van der Waals surface area contributed by atoms with Crippen LogP contribution >= 0.6 is 15.9 Å². The Morgan fingerprint density at radius 3 is 2.41 bits per heavy atom. The first-order valence-electron chi connectivity index (χ1n) is 8.66. The van der Waals surface area contributed by atoms with Crippen LogP contribution in [0.5, 0.6) is 5.75 Å². The molecule has 150 valence electrons. The molecular formula is C20H18BrN3O5. The summed E-state index contributed by atoms with van der Waals surface area (Å²) in [5.74, 6) is -1.06. The second-order valence-corrected chi connectivity index (χ2v) is 8.15. The molecule has 0 saturated carbocycles. The Hall–Kier alpha value is -3.20. The summed E-state index contributed by atoms with van der Waals surface area (Å²) in [6.45, 7) is 5.33. The third-order valence-electron chi connectivity index (χ3n) is 3.87. The molecule has 2 aromatic carbocycles. The molecule has 1 N–H and O–H groups in total. The highest BCUT2D eigenvalue weighted by Gasteiger charge is 2.34. The van der Waals surface area contributed by atoms with Gasteiger partial charge in [0, 0.05) is 6.07 Å². The molecule has 1 aliphatic rings. The van der Waals surface area contributed by atoms with E-state index in [0.29, 0.717) is 15.7 Å². The summed E-state index contributed by atoms with van der Waals surface area (Å²) in [6.07, 6.45) is 1.32. The molecule has 0 radical (unpaired) electrons. The van der Waals surface area contributed by atoms with E-state index >= 15 is 0 Å². The van der Waals surface area contributed by atoms with Crippen LogP contribution in [0.1, 0.15) is 26.3 Å². The fraction of sp³-hybridized carbons (Fsp3) is 0.200. The second kappa shape index (κ2) is 7.67. The summed E-state index contributed by atoms with van der Waals surface area (Å²) in [7, 11) is 0. The molecule has 2 aromatic rings. The minimum Gasteiger partial charge on any atom is -0.480 e. The lowest BCUT2D eigenvalue weighted by atomic mass is 10.1. The van der Waals surface area contributed by atoms with Gasteiger partial charge in [0.25, 0.3) is 11.8 Å². The van der Waals surface area contributed by atoms with Gasteiger partial charge in [0.1, 0.15) is 11.2 Å². The van der Waals surface area contributed by atoms with Crippen LogP contribution in [0.2, 0.25) is 0 Å². The number of nitrogens with zero attached hydrogens (tertiary/aromatic N) is 2. The Labute approximate surface area is 175 Å². The standard InChI is InChI=1S/C20H18BrN3O5/c1-20(2,3)29-17-15(21)10-12(11-16(17)24(27)28)9-14-18(25)22-23(19(14)26)13-7-5-4-6-8-13/h4-11H,1-3H3,(H,22,25)/b14-9-. The molecule has 1 aliphatic heterocycles. The molecule has 0 aromatic heterocycles. The van der Waals surface area contributed by atoms with Crippen molar-refractivity contribution in [3.63, 3.8) is 0 Å². The summed E-state index contributed by atoms with van der Waals surface area (Å²) in [6, 6.07) is 11.5. The monoisotopic (exact) mass is 459 g/mol. The smallest absolute Gasteiger partial charge is 0.312 e. The van der Waals surface area contributed by atoms with Gasteiger partial charge in [-0.15, -0.1) is 0 Å². The molecule has 1 saturated heterocycles. The Morgan fingerprint density at radius 2 is 1.83 bits per heavy atom. The number of carbonyl (C=O) groups is 2. The maximum Gasteiger partial charge on any atom is 0.312 e. The molecule has 0 spiro atoms. The van der Waals surface area contributed by atoms with E-state index in [1.54, 1.807) is 57.2 Å². The number of rotatable bonds is 4. The topological polar surface area (TPSA) is 102 Å². The number of anilines is 1. The van der Waals surface area contributed by atoms with Gasteiger partial charge in [0.05, 0.1) is 15.1 Å². The molecule has 0 bridgehead atoms. The van der Waals surface area contributed by atoms with Crippen LogP contribution in [-0.2, 0) is 9.59 Å². The van der Waals surface area contributed by atoms with E-state index in [9.17, 15) is 19.7 Å². The number of nitrogens with one attached hydrogen (secondary N) is 1. The van der Waals surface area contributed by atoms with Gasteiger partial charge < -0.3 is 4.74 Å². The first-order valence-corrected chi connectivity index (χ1v) is 9.45. The number of amides is 2. The van der Waals surface area contributed by atoms with E-state index in [2.05, 4.69) is 21.4 Å². The molecule has 0 unspecified atom stereocenters. The van der Waals surface area contributed by atoms with Crippen molar-refractivity contribution < 1.29 is 19.2 Å². The Kier molecular flexibility index (Phi) is 5.43. The van der Waals surface area contributed by atoms with E-state index < -0.39 is 22.3 Å². The number of ether oxygens (including phenoxy) is 1. The molecule has 0 atom stereocenters. The molecular weight excluding hydrogens is 442 g/mol. The van der Waals surface area contributed by atoms with Crippen molar-refractivity contribution in [3.05, 3.63) is 68.2 Å². The van der Waals surface area contributed by atoms with Crippen molar-refractivity contribution in [1.82, 2.24) is 5.43 Å². The first kappa shape index (κ1) is 20.5. The lowest BCUT2D eigenvalue weighted by Gasteiger charge is -2.22. The molecule has 0 aliphatic carbocycles. The van der Waals surface area contributed by atoms with E-state index in [0.717, 1.165) is 5.01 Å². The summed E-state index contributed by atoms with van der Waals surface area (Å²) in [5.41, 5.74) is 2.27. The molecule has 8 nitrogen and oxygen atoms in total. The Bertz CT molecular complexity index is 1030. The van der Waals surface area contributed by atoms with Crippen LogP contribution in [0.15, 0.2) is 52.5 Å². The number of hydrogen-bond acceptors (Lipinski definition) is 5. The Morgan fingerprint density at radius 1 is 1.17 bits per heavy atom. The molecule has 9 heteroatoms. The largest absolute Gasteiger partial charge is 0.480 e. The first-order chi connectivity index (χ1) is 13.6. The van der Waals surface area contributed by atoms with E-state index in [1.165, 1.54) is 12.1 Å². The molecule has 3 rings (SSSR count). The minimum atomic E-state index is -0.648. The van der Waals surface area contributed by atoms with Crippen LogP contribution < -0.4 is 15.2 Å². The quantitative estimate of drug-likeness (QED) is 0.322. The number of hydrogen-bond donors (Lipinski definition) is 1. The number of nitro benzene ring substituents is 1. The molecule has 1 fully saturated rings. The summed E-state index contributed by atoms with van der Waals surface area (Å²) >= 11 is 3.29. The normalized spacial score (nSPS) is 15.6. The van der Waals surface area contributed by atoms with E-state index in [4.69, 9.17) is 4.74 Å². The number of para-hydroxylation sites is 1. The predicted octanol–water partition coefficient (Wildman–Crippen LogP) is 4.00. The molecule has 2 amide bonds. The average molecular weight is 460 g/mol. The zero-order valence-electron chi connectivity index (χ0n) is 15.9. The van der Waals surface area contributed by atoms with Gasteiger partial charge in [-0.1, -0.05) is 18.2 Å². The van der Waals surface area contributed by atoms with Crippen molar-refractivity contribution in [2.75, 3.05) is 5.01 Å². The lowest BCUT2D eigenvalue weighted by molar-refractivity contribution is -0.386. The van der Waals surface area contributed by atoms with Crippen LogP contribution in [-0.4, -0.2) is 22.3 Å². The summed E-state index contributed by atoms with van der Waals surface area (Å²) in [4.78, 5) is 36.0.